The normalized spacial score (nSPS) is 19.3. The Kier molecular flexibility index (Phi) is 7.86. The topological polar surface area (TPSA) is 144 Å². The second-order valence-corrected chi connectivity index (χ2v) is 14.0. The van der Waals surface area contributed by atoms with Crippen LogP contribution in [0.5, 0.6) is 0 Å². The molecular weight excluding hydrogens is 597 g/mol. The fraction of sp³-hybridized carbons (Fsp3) is 0.303. The summed E-state index contributed by atoms with van der Waals surface area (Å²) < 4.78 is 47.7. The third-order valence-electron chi connectivity index (χ3n) is 8.41. The van der Waals surface area contributed by atoms with E-state index in [2.05, 4.69) is 15.6 Å². The van der Waals surface area contributed by atoms with Crippen LogP contribution in [0.25, 0.3) is 10.8 Å². The minimum absolute atomic E-state index is 0.0840. The van der Waals surface area contributed by atoms with Gasteiger partial charge < -0.3 is 20.7 Å². The number of anilines is 3. The van der Waals surface area contributed by atoms with Crippen LogP contribution < -0.4 is 16.4 Å². The highest BCUT2D eigenvalue weighted by Crippen LogP contribution is 2.37. The zero-order valence-electron chi connectivity index (χ0n) is 25.1. The molecule has 4 N–H and O–H groups in total. The molecule has 45 heavy (non-hydrogen) atoms. The van der Waals surface area contributed by atoms with Crippen LogP contribution >= 0.6 is 0 Å². The Balaban J connectivity index is 1.45. The zero-order chi connectivity index (χ0) is 32.0. The van der Waals surface area contributed by atoms with Crippen molar-refractivity contribution in [1.82, 2.24) is 9.88 Å². The summed E-state index contributed by atoms with van der Waals surface area (Å²) in [6.07, 6.45) is 2.00. The van der Waals surface area contributed by atoms with E-state index in [9.17, 15) is 18.0 Å². The molecule has 12 heteroatoms. The molecular formula is C33H34FN5O5S. The van der Waals surface area contributed by atoms with Crippen molar-refractivity contribution in [3.63, 3.8) is 0 Å². The molecule has 2 atom stereocenters. The van der Waals surface area contributed by atoms with Gasteiger partial charge in [0.2, 0.25) is 5.91 Å². The number of sulfone groups is 1. The molecule has 1 fully saturated rings. The van der Waals surface area contributed by atoms with Gasteiger partial charge in [0.05, 0.1) is 22.4 Å². The van der Waals surface area contributed by atoms with E-state index in [1.807, 2.05) is 26.0 Å². The summed E-state index contributed by atoms with van der Waals surface area (Å²) in [6.45, 7) is 3.83. The number of rotatable bonds is 4. The van der Waals surface area contributed by atoms with Gasteiger partial charge in [0.1, 0.15) is 17.7 Å². The maximum Gasteiger partial charge on any atom is 0.411 e. The number of fused-ring (bicyclic) bond motifs is 10. The molecule has 1 aromatic heterocycles. The van der Waals surface area contributed by atoms with E-state index in [-0.39, 0.29) is 35.5 Å². The lowest BCUT2D eigenvalue weighted by Crippen LogP contribution is -2.35. The fourth-order valence-corrected chi connectivity index (χ4v) is 7.68. The average Bonchev–Trinajstić information content (AvgIpc) is 3.85. The van der Waals surface area contributed by atoms with Gasteiger partial charge in [-0.2, -0.15) is 0 Å². The first-order valence-electron chi connectivity index (χ1n) is 14.7. The van der Waals surface area contributed by atoms with Crippen molar-refractivity contribution >= 4 is 49.8 Å². The number of nitrogen functional groups attached to an aromatic ring is 1. The molecule has 234 valence electrons. The Morgan fingerprint density at radius 3 is 2.60 bits per heavy atom. The number of likely N-dealkylation sites (N-methyl/N-ethyl adjacent to an activating group) is 1. The Morgan fingerprint density at radius 1 is 1.09 bits per heavy atom. The van der Waals surface area contributed by atoms with Crippen LogP contribution in [-0.2, 0) is 25.9 Å². The predicted octanol–water partition coefficient (Wildman–Crippen LogP) is 5.68. The number of carbonyl (C=O) groups excluding carboxylic acids is 2. The Bertz CT molecular complexity index is 1950. The van der Waals surface area contributed by atoms with Gasteiger partial charge in [0.25, 0.3) is 0 Å². The molecule has 2 aliphatic heterocycles. The smallest absolute Gasteiger partial charge is 0.411 e. The molecule has 4 aromatic rings. The number of pyridine rings is 1. The second-order valence-electron chi connectivity index (χ2n) is 11.8. The number of benzene rings is 3. The van der Waals surface area contributed by atoms with Crippen LogP contribution in [0.4, 0.5) is 26.4 Å². The number of aryl methyl sites for hydroxylation is 1. The van der Waals surface area contributed by atoms with Crippen molar-refractivity contribution in [3.8, 4) is 0 Å². The Morgan fingerprint density at radius 2 is 1.87 bits per heavy atom. The van der Waals surface area contributed by atoms with E-state index < -0.39 is 38.9 Å². The SMILES string of the molecule is Cc1cc2ccc1[C@@H](C)COC(=O)Nc1ccc(S(=O)(=O)C3CC3)c(c1)CN(C)C(=O)[C@@H]2Nc1cc2ccnc(N)c2cc1F. The van der Waals surface area contributed by atoms with Crippen LogP contribution in [0.1, 0.15) is 54.0 Å². The number of aromatic nitrogens is 1. The van der Waals surface area contributed by atoms with Gasteiger partial charge in [-0.15, -0.1) is 0 Å². The first kappa shape index (κ1) is 30.3. The third kappa shape index (κ3) is 6.02. The third-order valence-corrected chi connectivity index (χ3v) is 10.8. The summed E-state index contributed by atoms with van der Waals surface area (Å²) in [5.41, 5.74) is 9.11. The van der Waals surface area contributed by atoms with E-state index in [0.717, 1.165) is 11.1 Å². The number of amides is 2. The summed E-state index contributed by atoms with van der Waals surface area (Å²) in [6, 6.07) is 13.6. The maximum atomic E-state index is 15.5. The minimum Gasteiger partial charge on any atom is -0.449 e. The largest absolute Gasteiger partial charge is 0.449 e. The molecule has 3 aromatic carbocycles. The summed E-state index contributed by atoms with van der Waals surface area (Å²) >= 11 is 0. The molecule has 0 spiro atoms. The van der Waals surface area contributed by atoms with Crippen molar-refractivity contribution in [1.29, 1.82) is 0 Å². The quantitative estimate of drug-likeness (QED) is 0.261. The number of nitrogens with two attached hydrogens (primary N) is 1. The average molecular weight is 632 g/mol. The highest BCUT2D eigenvalue weighted by molar-refractivity contribution is 7.92. The van der Waals surface area contributed by atoms with Gasteiger partial charge in [-0.25, -0.2) is 22.6 Å². The Hall–Kier alpha value is -4.71. The summed E-state index contributed by atoms with van der Waals surface area (Å²) in [4.78, 5) is 32.5. The van der Waals surface area contributed by atoms with Gasteiger partial charge in [0.15, 0.2) is 9.84 Å². The van der Waals surface area contributed by atoms with Crippen LogP contribution in [0.2, 0.25) is 0 Å². The van der Waals surface area contributed by atoms with E-state index in [4.69, 9.17) is 10.5 Å². The fourth-order valence-electron chi connectivity index (χ4n) is 5.82. The number of hydrogen-bond donors (Lipinski definition) is 3. The molecule has 2 amide bonds. The molecule has 4 bridgehead atoms. The molecule has 7 rings (SSSR count). The van der Waals surface area contributed by atoms with Crippen LogP contribution in [0, 0.1) is 12.7 Å². The lowest BCUT2D eigenvalue weighted by Gasteiger charge is -2.28. The summed E-state index contributed by atoms with van der Waals surface area (Å²) in [5.74, 6) is -0.993. The molecule has 0 saturated heterocycles. The first-order valence-corrected chi connectivity index (χ1v) is 16.2. The number of carbonyl (C=O) groups is 2. The summed E-state index contributed by atoms with van der Waals surface area (Å²) in [5, 5.41) is 6.42. The molecule has 0 radical (unpaired) electrons. The molecule has 1 saturated carbocycles. The predicted molar refractivity (Wildman–Crippen MR) is 170 cm³/mol. The van der Waals surface area contributed by atoms with Gasteiger partial charge in [-0.1, -0.05) is 25.1 Å². The van der Waals surface area contributed by atoms with Gasteiger partial charge >= 0.3 is 6.09 Å². The van der Waals surface area contributed by atoms with Gasteiger partial charge in [0, 0.05) is 36.8 Å². The van der Waals surface area contributed by atoms with E-state index in [1.54, 1.807) is 31.3 Å². The molecule has 1 aliphatic carbocycles. The standard InChI is InChI=1S/C33H34FN5O5S/c1-18-12-21-4-8-25(18)19(2)17-44-33(41)37-23-5-9-29(45(42,43)24-6-7-24)22(13-23)16-39(3)32(40)30(21)38-28-14-20-10-11-36-31(35)26(20)15-27(28)34/h4-5,8-15,19,24,30,38H,6-7,16-17H2,1-3H3,(H2,35,36)(H,37,41)/t19-,30+/m0/s1. The van der Waals surface area contributed by atoms with Crippen molar-refractivity contribution in [3.05, 3.63) is 88.9 Å². The minimum atomic E-state index is -3.64. The summed E-state index contributed by atoms with van der Waals surface area (Å²) in [7, 11) is -2.08. The van der Waals surface area contributed by atoms with E-state index >= 15 is 4.39 Å². The van der Waals surface area contributed by atoms with Gasteiger partial charge in [-0.05, 0) is 83.8 Å². The van der Waals surface area contributed by atoms with Crippen LogP contribution in [0.15, 0.2) is 65.7 Å². The number of nitrogens with one attached hydrogen (secondary N) is 2. The van der Waals surface area contributed by atoms with Crippen LogP contribution in [-0.4, -0.2) is 49.2 Å². The lowest BCUT2D eigenvalue weighted by atomic mass is 9.93. The molecule has 0 unspecified atom stereocenters. The monoisotopic (exact) mass is 631 g/mol. The number of nitrogens with zero attached hydrogens (tertiary/aromatic N) is 2. The van der Waals surface area contributed by atoms with Gasteiger partial charge in [-0.3, -0.25) is 10.1 Å². The molecule has 3 heterocycles. The maximum absolute atomic E-state index is 15.5. The highest BCUT2D eigenvalue weighted by Gasteiger charge is 2.38. The number of ether oxygens (including phenoxy) is 1. The Labute approximate surface area is 260 Å². The zero-order valence-corrected chi connectivity index (χ0v) is 25.9. The molecule has 3 aliphatic rings. The van der Waals surface area contributed by atoms with Crippen molar-refractivity contribution in [2.45, 2.75) is 55.3 Å². The second kappa shape index (κ2) is 11.7. The van der Waals surface area contributed by atoms with Crippen LogP contribution in [0.3, 0.4) is 0 Å². The lowest BCUT2D eigenvalue weighted by molar-refractivity contribution is -0.131. The van der Waals surface area contributed by atoms with Crippen molar-refractivity contribution < 1.29 is 27.1 Å². The van der Waals surface area contributed by atoms with Crippen molar-refractivity contribution in [2.75, 3.05) is 30.0 Å². The van der Waals surface area contributed by atoms with Crippen molar-refractivity contribution in [2.24, 2.45) is 0 Å². The number of halogens is 1. The highest BCUT2D eigenvalue weighted by atomic mass is 32.2. The molecule has 10 nitrogen and oxygen atoms in total. The van der Waals surface area contributed by atoms with E-state index in [1.165, 1.54) is 29.3 Å². The first-order chi connectivity index (χ1) is 21.4. The number of hydrogen-bond acceptors (Lipinski definition) is 8. The van der Waals surface area contributed by atoms with E-state index in [0.29, 0.717) is 40.4 Å².